The molecule has 0 bridgehead atoms. The topological polar surface area (TPSA) is 57.6 Å². The third-order valence-electron chi connectivity index (χ3n) is 3.28. The molecule has 0 heterocycles. The van der Waals surface area contributed by atoms with Crippen molar-refractivity contribution in [3.8, 4) is 0 Å². The van der Waals surface area contributed by atoms with Gasteiger partial charge in [-0.2, -0.15) is 0 Å². The average molecular weight is 259 g/mol. The summed E-state index contributed by atoms with van der Waals surface area (Å²) in [6.45, 7) is 0.227. The molecule has 1 aliphatic rings. The maximum Gasteiger partial charge on any atom is 0.305 e. The number of aliphatic carboxylic acids is 1. The first kappa shape index (κ1) is 13.3. The molecular formula is C15H17NO3. The summed E-state index contributed by atoms with van der Waals surface area (Å²) in [5.41, 5.74) is 2.97. The number of carboxylic acids is 1. The first-order valence-corrected chi connectivity index (χ1v) is 6.34. The van der Waals surface area contributed by atoms with E-state index in [9.17, 15) is 9.59 Å². The van der Waals surface area contributed by atoms with Crippen LogP contribution in [0.5, 0.6) is 0 Å². The van der Waals surface area contributed by atoms with Gasteiger partial charge in [0.2, 0.25) is 0 Å². The molecular weight excluding hydrogens is 242 g/mol. The number of hydrogen-bond acceptors (Lipinski definition) is 2. The molecule has 0 atom stereocenters. The van der Waals surface area contributed by atoms with E-state index < -0.39 is 5.97 Å². The number of allylic oxidation sites excluding steroid dienone is 1. The van der Waals surface area contributed by atoms with Crippen LogP contribution in [0.2, 0.25) is 0 Å². The zero-order chi connectivity index (χ0) is 13.8. The van der Waals surface area contributed by atoms with Gasteiger partial charge in [-0.3, -0.25) is 9.59 Å². The van der Waals surface area contributed by atoms with Gasteiger partial charge in [0.15, 0.2) is 0 Å². The third kappa shape index (κ3) is 3.22. The Morgan fingerprint density at radius 1 is 1.37 bits per heavy atom. The van der Waals surface area contributed by atoms with Crippen molar-refractivity contribution in [2.45, 2.75) is 19.3 Å². The van der Waals surface area contributed by atoms with Crippen LogP contribution in [0.3, 0.4) is 0 Å². The van der Waals surface area contributed by atoms with E-state index in [-0.39, 0.29) is 18.9 Å². The minimum Gasteiger partial charge on any atom is -0.481 e. The van der Waals surface area contributed by atoms with Gasteiger partial charge in [0.1, 0.15) is 0 Å². The summed E-state index contributed by atoms with van der Waals surface area (Å²) in [7, 11) is 1.63. The number of hydrogen-bond donors (Lipinski definition) is 1. The average Bonchev–Trinajstić information content (AvgIpc) is 2.43. The fraction of sp³-hybridized carbons (Fsp3) is 0.333. The van der Waals surface area contributed by atoms with Crippen molar-refractivity contribution in [3.63, 3.8) is 0 Å². The first-order valence-electron chi connectivity index (χ1n) is 6.34. The Morgan fingerprint density at radius 2 is 2.16 bits per heavy atom. The number of carboxylic acid groups (broad SMARTS) is 1. The van der Waals surface area contributed by atoms with Gasteiger partial charge in [0, 0.05) is 19.2 Å². The van der Waals surface area contributed by atoms with E-state index >= 15 is 0 Å². The molecule has 0 spiro atoms. The Kier molecular flexibility index (Phi) is 4.00. The van der Waals surface area contributed by atoms with Gasteiger partial charge >= 0.3 is 5.97 Å². The van der Waals surface area contributed by atoms with Gasteiger partial charge in [-0.05, 0) is 36.1 Å². The Balaban J connectivity index is 2.11. The summed E-state index contributed by atoms with van der Waals surface area (Å²) in [6.07, 6.45) is 6.12. The largest absolute Gasteiger partial charge is 0.481 e. The lowest BCUT2D eigenvalue weighted by Crippen LogP contribution is -2.29. The Morgan fingerprint density at radius 3 is 2.89 bits per heavy atom. The van der Waals surface area contributed by atoms with Gasteiger partial charge in [0.05, 0.1) is 6.42 Å². The molecule has 2 rings (SSSR count). The van der Waals surface area contributed by atoms with Crippen LogP contribution >= 0.6 is 0 Å². The number of amides is 1. The lowest BCUT2D eigenvalue weighted by molar-refractivity contribution is -0.137. The molecule has 0 saturated heterocycles. The second-order valence-corrected chi connectivity index (χ2v) is 4.73. The molecule has 0 radical (unpaired) electrons. The van der Waals surface area contributed by atoms with Crippen molar-refractivity contribution in [1.29, 1.82) is 0 Å². The zero-order valence-electron chi connectivity index (χ0n) is 10.9. The van der Waals surface area contributed by atoms with E-state index in [4.69, 9.17) is 5.11 Å². The highest BCUT2D eigenvalue weighted by Crippen LogP contribution is 2.21. The normalized spacial score (nSPS) is 12.9. The van der Waals surface area contributed by atoms with Crippen molar-refractivity contribution >= 4 is 18.0 Å². The Labute approximate surface area is 112 Å². The van der Waals surface area contributed by atoms with E-state index in [1.807, 2.05) is 12.1 Å². The van der Waals surface area contributed by atoms with Crippen molar-refractivity contribution in [3.05, 3.63) is 41.0 Å². The molecule has 100 valence electrons. The van der Waals surface area contributed by atoms with Gasteiger partial charge in [-0.25, -0.2) is 0 Å². The second kappa shape index (κ2) is 5.69. The predicted octanol–water partition coefficient (Wildman–Crippen LogP) is 2.19. The van der Waals surface area contributed by atoms with Crippen molar-refractivity contribution in [2.75, 3.05) is 13.6 Å². The smallest absolute Gasteiger partial charge is 0.305 e. The molecule has 0 saturated carbocycles. The van der Waals surface area contributed by atoms with E-state index in [2.05, 4.69) is 12.2 Å². The molecule has 19 heavy (non-hydrogen) atoms. The van der Waals surface area contributed by atoms with Crippen LogP contribution in [0.15, 0.2) is 24.3 Å². The number of carbonyl (C=O) groups is 2. The fourth-order valence-electron chi connectivity index (χ4n) is 2.15. The molecule has 1 aliphatic carbocycles. The van der Waals surface area contributed by atoms with Crippen LogP contribution in [0.25, 0.3) is 6.08 Å². The molecule has 4 nitrogen and oxygen atoms in total. The minimum atomic E-state index is -0.893. The molecule has 0 aliphatic heterocycles. The highest BCUT2D eigenvalue weighted by atomic mass is 16.4. The van der Waals surface area contributed by atoms with Crippen LogP contribution < -0.4 is 0 Å². The number of carbonyl (C=O) groups excluding carboxylic acids is 1. The van der Waals surface area contributed by atoms with Gasteiger partial charge in [-0.15, -0.1) is 0 Å². The van der Waals surface area contributed by atoms with Crippen LogP contribution in [-0.2, 0) is 11.2 Å². The molecule has 0 fully saturated rings. The summed E-state index contributed by atoms with van der Waals surface area (Å²) in [4.78, 5) is 24.1. The number of nitrogens with zero attached hydrogens (tertiary/aromatic N) is 1. The third-order valence-corrected chi connectivity index (χ3v) is 3.28. The van der Waals surface area contributed by atoms with Crippen molar-refractivity contribution < 1.29 is 14.7 Å². The number of benzene rings is 1. The second-order valence-electron chi connectivity index (χ2n) is 4.73. The van der Waals surface area contributed by atoms with Gasteiger partial charge < -0.3 is 10.0 Å². The fourth-order valence-corrected chi connectivity index (χ4v) is 2.15. The molecule has 1 aromatic rings. The van der Waals surface area contributed by atoms with Crippen LogP contribution in [0.1, 0.15) is 34.3 Å². The summed E-state index contributed by atoms with van der Waals surface area (Å²) in [5.74, 6) is -1.02. The monoisotopic (exact) mass is 259 g/mol. The summed E-state index contributed by atoms with van der Waals surface area (Å²) >= 11 is 0. The Bertz CT molecular complexity index is 534. The minimum absolute atomic E-state index is 0.0318. The van der Waals surface area contributed by atoms with Crippen molar-refractivity contribution in [2.24, 2.45) is 0 Å². The highest BCUT2D eigenvalue weighted by Gasteiger charge is 2.14. The summed E-state index contributed by atoms with van der Waals surface area (Å²) in [5, 5.41) is 8.63. The SMILES string of the molecule is CN(CCC(=O)O)C(=O)c1ccc2c(c1)CCC=C2. The van der Waals surface area contributed by atoms with Crippen molar-refractivity contribution in [1.82, 2.24) is 4.90 Å². The lowest BCUT2D eigenvalue weighted by atomic mass is 9.95. The predicted molar refractivity (Wildman–Crippen MR) is 73.0 cm³/mol. The van der Waals surface area contributed by atoms with Crippen LogP contribution in [0, 0.1) is 0 Å². The maximum absolute atomic E-state index is 12.2. The van der Waals surface area contributed by atoms with Gasteiger partial charge in [-0.1, -0.05) is 18.2 Å². The lowest BCUT2D eigenvalue weighted by Gasteiger charge is -2.18. The quantitative estimate of drug-likeness (QED) is 0.901. The maximum atomic E-state index is 12.2. The summed E-state index contributed by atoms with van der Waals surface area (Å²) < 4.78 is 0. The zero-order valence-corrected chi connectivity index (χ0v) is 10.9. The van der Waals surface area contributed by atoms with E-state index in [0.717, 1.165) is 18.4 Å². The number of fused-ring (bicyclic) bond motifs is 1. The molecule has 0 unspecified atom stereocenters. The summed E-state index contributed by atoms with van der Waals surface area (Å²) in [6, 6.07) is 5.66. The molecule has 1 amide bonds. The highest BCUT2D eigenvalue weighted by molar-refractivity contribution is 5.94. The number of aryl methyl sites for hydroxylation is 1. The van der Waals surface area contributed by atoms with E-state index in [1.54, 1.807) is 13.1 Å². The van der Waals surface area contributed by atoms with E-state index in [1.165, 1.54) is 10.5 Å². The number of rotatable bonds is 4. The first-order chi connectivity index (χ1) is 9.08. The van der Waals surface area contributed by atoms with Gasteiger partial charge in [0.25, 0.3) is 5.91 Å². The molecule has 4 heteroatoms. The molecule has 1 aromatic carbocycles. The molecule has 0 aromatic heterocycles. The Hall–Kier alpha value is -2.10. The van der Waals surface area contributed by atoms with Crippen LogP contribution in [0.4, 0.5) is 0 Å². The standard InChI is InChI=1S/C15H17NO3/c1-16(9-8-14(17)18)15(19)13-7-6-11-4-2-3-5-12(11)10-13/h2,4,6-7,10H,3,5,8-9H2,1H3,(H,17,18). The van der Waals surface area contributed by atoms with E-state index in [0.29, 0.717) is 5.56 Å². The van der Waals surface area contributed by atoms with Crippen LogP contribution in [-0.4, -0.2) is 35.5 Å². The molecule has 1 N–H and O–H groups in total.